The van der Waals surface area contributed by atoms with Gasteiger partial charge in [0, 0.05) is 23.7 Å². The molecule has 0 radical (unpaired) electrons. The summed E-state index contributed by atoms with van der Waals surface area (Å²) >= 11 is 0. The number of piperidine rings is 1. The molecule has 4 heterocycles. The Bertz CT molecular complexity index is 589. The first-order valence-corrected chi connectivity index (χ1v) is 9.05. The first-order valence-electron chi connectivity index (χ1n) is 9.05. The molecule has 0 saturated carbocycles. The summed E-state index contributed by atoms with van der Waals surface area (Å²) in [6.07, 6.45) is 5.75. The number of aliphatic hydroxyl groups is 1. The van der Waals surface area contributed by atoms with Crippen LogP contribution in [-0.2, 0) is 9.31 Å². The van der Waals surface area contributed by atoms with Crippen LogP contribution in [0.5, 0.6) is 0 Å². The van der Waals surface area contributed by atoms with Crippen LogP contribution in [0.15, 0.2) is 18.3 Å². The molecule has 1 aromatic heterocycles. The Hall–Kier alpha value is -1.11. The van der Waals surface area contributed by atoms with E-state index in [9.17, 15) is 5.11 Å². The number of pyridine rings is 1. The van der Waals surface area contributed by atoms with E-state index in [1.54, 1.807) is 0 Å². The van der Waals surface area contributed by atoms with Gasteiger partial charge in [-0.25, -0.2) is 4.98 Å². The zero-order valence-corrected chi connectivity index (χ0v) is 15.0. The van der Waals surface area contributed by atoms with Crippen molar-refractivity contribution < 1.29 is 14.4 Å². The van der Waals surface area contributed by atoms with E-state index in [1.807, 2.05) is 6.20 Å². The Morgan fingerprint density at radius 1 is 1.08 bits per heavy atom. The van der Waals surface area contributed by atoms with Crippen LogP contribution in [-0.4, -0.2) is 46.6 Å². The van der Waals surface area contributed by atoms with Crippen molar-refractivity contribution in [1.82, 2.24) is 4.98 Å². The molecule has 130 valence electrons. The molecule has 6 heteroatoms. The zero-order chi connectivity index (χ0) is 17.1. The maximum Gasteiger partial charge on any atom is 0.496 e. The number of nitrogens with zero attached hydrogens (tertiary/aromatic N) is 2. The second-order valence-electron chi connectivity index (χ2n) is 8.46. The number of hydrogen-bond acceptors (Lipinski definition) is 5. The van der Waals surface area contributed by atoms with Gasteiger partial charge in [0.2, 0.25) is 0 Å². The van der Waals surface area contributed by atoms with E-state index in [4.69, 9.17) is 14.3 Å². The number of hydrogen-bond donors (Lipinski definition) is 1. The van der Waals surface area contributed by atoms with Gasteiger partial charge in [-0.1, -0.05) is 6.07 Å². The van der Waals surface area contributed by atoms with Gasteiger partial charge in [0.15, 0.2) is 0 Å². The van der Waals surface area contributed by atoms with Gasteiger partial charge >= 0.3 is 7.12 Å². The Balaban J connectivity index is 1.52. The summed E-state index contributed by atoms with van der Waals surface area (Å²) in [5.74, 6) is 1.01. The normalized spacial score (nSPS) is 34.0. The van der Waals surface area contributed by atoms with E-state index in [2.05, 4.69) is 44.7 Å². The summed E-state index contributed by atoms with van der Waals surface area (Å²) in [6, 6.07) is 4.99. The minimum atomic E-state index is -0.364. The molecular weight excluding hydrogens is 303 g/mol. The van der Waals surface area contributed by atoms with Crippen molar-refractivity contribution in [2.75, 3.05) is 4.90 Å². The van der Waals surface area contributed by atoms with Gasteiger partial charge in [0.1, 0.15) is 5.82 Å². The number of aromatic nitrogens is 1. The first kappa shape index (κ1) is 16.4. The highest BCUT2D eigenvalue weighted by Gasteiger charge is 2.52. The van der Waals surface area contributed by atoms with Crippen LogP contribution in [0.1, 0.15) is 53.4 Å². The van der Waals surface area contributed by atoms with Crippen molar-refractivity contribution in [3.63, 3.8) is 0 Å². The third-order valence-electron chi connectivity index (χ3n) is 6.27. The third-order valence-corrected chi connectivity index (χ3v) is 6.27. The average molecular weight is 330 g/mol. The van der Waals surface area contributed by atoms with E-state index in [0.717, 1.165) is 37.0 Å². The third kappa shape index (κ3) is 2.55. The molecule has 1 aromatic rings. The SMILES string of the molecule is CC1(C)OB(c2ccc(N3C4CC[C@H]3CC(O)C4)nc2)OC1(C)C. The lowest BCUT2D eigenvalue weighted by molar-refractivity contribution is 0.00578. The van der Waals surface area contributed by atoms with E-state index < -0.39 is 0 Å². The van der Waals surface area contributed by atoms with E-state index in [1.165, 1.54) is 0 Å². The Kier molecular flexibility index (Phi) is 3.71. The Morgan fingerprint density at radius 3 is 2.17 bits per heavy atom. The molecule has 4 rings (SSSR count). The summed E-state index contributed by atoms with van der Waals surface area (Å²) < 4.78 is 12.2. The molecule has 3 aliphatic rings. The van der Waals surface area contributed by atoms with E-state index >= 15 is 0 Å². The largest absolute Gasteiger partial charge is 0.496 e. The second-order valence-corrected chi connectivity index (χ2v) is 8.46. The van der Waals surface area contributed by atoms with Crippen LogP contribution in [0.3, 0.4) is 0 Å². The van der Waals surface area contributed by atoms with Crippen molar-refractivity contribution in [3.8, 4) is 0 Å². The van der Waals surface area contributed by atoms with Crippen molar-refractivity contribution in [2.45, 2.75) is 82.8 Å². The molecule has 2 bridgehead atoms. The summed E-state index contributed by atoms with van der Waals surface area (Å²) in [5, 5.41) is 9.96. The minimum Gasteiger partial charge on any atom is -0.399 e. The van der Waals surface area contributed by atoms with Gasteiger partial charge in [-0.3, -0.25) is 0 Å². The molecule has 5 nitrogen and oxygen atoms in total. The maximum atomic E-state index is 9.96. The topological polar surface area (TPSA) is 54.8 Å². The summed E-state index contributed by atoms with van der Waals surface area (Å²) in [4.78, 5) is 7.10. The molecular formula is C18H27BN2O3. The maximum absolute atomic E-state index is 9.96. The second kappa shape index (κ2) is 5.45. The van der Waals surface area contributed by atoms with Crippen LogP contribution in [0.25, 0.3) is 0 Å². The number of fused-ring (bicyclic) bond motifs is 2. The fraction of sp³-hybridized carbons (Fsp3) is 0.722. The lowest BCUT2D eigenvalue weighted by Gasteiger charge is -2.38. The average Bonchev–Trinajstić information content (AvgIpc) is 2.89. The molecule has 2 unspecified atom stereocenters. The van der Waals surface area contributed by atoms with Crippen molar-refractivity contribution in [3.05, 3.63) is 18.3 Å². The molecule has 0 spiro atoms. The summed E-state index contributed by atoms with van der Waals surface area (Å²) in [7, 11) is -0.364. The molecule has 3 saturated heterocycles. The Morgan fingerprint density at radius 2 is 1.67 bits per heavy atom. The predicted molar refractivity (Wildman–Crippen MR) is 94.5 cm³/mol. The number of anilines is 1. The summed E-state index contributed by atoms with van der Waals surface area (Å²) in [6.45, 7) is 8.24. The molecule has 1 N–H and O–H groups in total. The highest BCUT2D eigenvalue weighted by Crippen LogP contribution is 2.39. The fourth-order valence-electron chi connectivity index (χ4n) is 4.19. The minimum absolute atomic E-state index is 0.150. The highest BCUT2D eigenvalue weighted by atomic mass is 16.7. The number of rotatable bonds is 2. The van der Waals surface area contributed by atoms with Crippen LogP contribution in [0.4, 0.5) is 5.82 Å². The van der Waals surface area contributed by atoms with Gasteiger partial charge in [-0.05, 0) is 59.4 Å². The molecule has 0 amide bonds. The standard InChI is InChI=1S/C18H27BN2O3/c1-17(2)18(3,4)24-19(23-17)12-5-8-16(20-11-12)21-13-6-7-14(21)10-15(22)9-13/h5,8,11,13-15,22H,6-7,9-10H2,1-4H3/t13-,14?,15?/m0/s1. The molecule has 3 atom stereocenters. The van der Waals surface area contributed by atoms with Gasteiger partial charge in [0.05, 0.1) is 17.3 Å². The lowest BCUT2D eigenvalue weighted by atomic mass is 9.80. The zero-order valence-electron chi connectivity index (χ0n) is 15.0. The van der Waals surface area contributed by atoms with Gasteiger partial charge in [-0.2, -0.15) is 0 Å². The quantitative estimate of drug-likeness (QED) is 0.839. The first-order chi connectivity index (χ1) is 11.3. The van der Waals surface area contributed by atoms with Crippen LogP contribution >= 0.6 is 0 Å². The van der Waals surface area contributed by atoms with Crippen molar-refractivity contribution >= 4 is 18.4 Å². The lowest BCUT2D eigenvalue weighted by Crippen LogP contribution is -2.45. The molecule has 3 fully saturated rings. The fourth-order valence-corrected chi connectivity index (χ4v) is 4.19. The van der Waals surface area contributed by atoms with E-state index in [0.29, 0.717) is 12.1 Å². The van der Waals surface area contributed by atoms with Gasteiger partial charge < -0.3 is 19.3 Å². The van der Waals surface area contributed by atoms with Crippen molar-refractivity contribution in [2.24, 2.45) is 0 Å². The molecule has 0 aliphatic carbocycles. The Labute approximate surface area is 144 Å². The van der Waals surface area contributed by atoms with Gasteiger partial charge in [-0.15, -0.1) is 0 Å². The van der Waals surface area contributed by atoms with Crippen LogP contribution in [0.2, 0.25) is 0 Å². The van der Waals surface area contributed by atoms with Crippen LogP contribution in [0, 0.1) is 0 Å². The predicted octanol–water partition coefficient (Wildman–Crippen LogP) is 1.87. The number of aliphatic hydroxyl groups excluding tert-OH is 1. The monoisotopic (exact) mass is 330 g/mol. The molecule has 3 aliphatic heterocycles. The van der Waals surface area contributed by atoms with Crippen molar-refractivity contribution in [1.29, 1.82) is 0 Å². The van der Waals surface area contributed by atoms with Gasteiger partial charge in [0.25, 0.3) is 0 Å². The van der Waals surface area contributed by atoms with E-state index in [-0.39, 0.29) is 24.4 Å². The molecule has 0 aromatic carbocycles. The van der Waals surface area contributed by atoms with Crippen LogP contribution < -0.4 is 10.4 Å². The highest BCUT2D eigenvalue weighted by molar-refractivity contribution is 6.62. The smallest absolute Gasteiger partial charge is 0.399 e. The molecule has 24 heavy (non-hydrogen) atoms. The summed E-state index contributed by atoms with van der Waals surface area (Å²) in [5.41, 5.74) is 0.290.